The number of benzene rings is 1. The predicted octanol–water partition coefficient (Wildman–Crippen LogP) is 1.88. The molecule has 13 heavy (non-hydrogen) atoms. The van der Waals surface area contributed by atoms with Crippen molar-refractivity contribution in [3.05, 3.63) is 29.8 Å². The summed E-state index contributed by atoms with van der Waals surface area (Å²) in [6.07, 6.45) is 0. The number of hydrogen-bond donors (Lipinski definition) is 2. The molecule has 1 aromatic carbocycles. The molecule has 0 saturated carbocycles. The minimum absolute atomic E-state index is 0.353. The van der Waals surface area contributed by atoms with Gasteiger partial charge < -0.3 is 10.6 Å². The van der Waals surface area contributed by atoms with E-state index >= 15 is 0 Å². The Hall–Kier alpha value is -1.23. The average molecular weight is 202 g/mol. The predicted molar refractivity (Wildman–Crippen MR) is 51.6 cm³/mol. The van der Waals surface area contributed by atoms with Crippen LogP contribution in [0.15, 0.2) is 18.2 Å². The number of rotatable bonds is 1. The molecule has 0 aliphatic rings. The zero-order valence-electron chi connectivity index (χ0n) is 6.90. The minimum Gasteiger partial charge on any atom is -0.366 e. The van der Waals surface area contributed by atoms with Gasteiger partial charge >= 0.3 is 0 Å². The number of hydrogen-bond acceptors (Lipinski definition) is 1. The van der Waals surface area contributed by atoms with Crippen molar-refractivity contribution in [3.8, 4) is 0 Å². The lowest BCUT2D eigenvalue weighted by Crippen LogP contribution is -2.24. The van der Waals surface area contributed by atoms with Crippen LogP contribution in [-0.2, 0) is 0 Å². The summed E-state index contributed by atoms with van der Waals surface area (Å²) in [4.78, 5) is 0. The lowest BCUT2D eigenvalue weighted by Gasteiger charge is -2.06. The van der Waals surface area contributed by atoms with Gasteiger partial charge in [-0.15, -0.1) is 0 Å². The standard InChI is InChI=1S/C8H8F2N2S/c1-11-8(13)12-5-2-3-6(9)7(10)4-5/h2-4H,1H3,(H2,11,12,13). The highest BCUT2D eigenvalue weighted by Crippen LogP contribution is 2.12. The van der Waals surface area contributed by atoms with Crippen LogP contribution in [0.1, 0.15) is 0 Å². The molecule has 2 N–H and O–H groups in total. The van der Waals surface area contributed by atoms with E-state index in [1.165, 1.54) is 6.07 Å². The SMILES string of the molecule is CNC(=S)Nc1ccc(F)c(F)c1. The number of halogens is 2. The highest BCUT2D eigenvalue weighted by molar-refractivity contribution is 7.80. The van der Waals surface area contributed by atoms with E-state index in [0.717, 1.165) is 12.1 Å². The van der Waals surface area contributed by atoms with Gasteiger partial charge in [0.15, 0.2) is 16.7 Å². The van der Waals surface area contributed by atoms with Gasteiger partial charge in [0.1, 0.15) is 0 Å². The molecule has 0 aliphatic carbocycles. The zero-order chi connectivity index (χ0) is 9.84. The third kappa shape index (κ3) is 2.62. The Kier molecular flexibility index (Phi) is 3.13. The zero-order valence-corrected chi connectivity index (χ0v) is 7.71. The fourth-order valence-corrected chi connectivity index (χ4v) is 0.885. The van der Waals surface area contributed by atoms with Gasteiger partial charge in [-0.2, -0.15) is 0 Å². The van der Waals surface area contributed by atoms with Crippen LogP contribution >= 0.6 is 12.2 Å². The second kappa shape index (κ2) is 4.13. The topological polar surface area (TPSA) is 24.1 Å². The molecule has 0 spiro atoms. The van der Waals surface area contributed by atoms with E-state index in [4.69, 9.17) is 12.2 Å². The van der Waals surface area contributed by atoms with Crippen LogP contribution in [0.4, 0.5) is 14.5 Å². The molecule has 0 atom stereocenters. The molecule has 0 unspecified atom stereocenters. The van der Waals surface area contributed by atoms with Crippen molar-refractivity contribution in [2.75, 3.05) is 12.4 Å². The number of nitrogens with one attached hydrogen (secondary N) is 2. The summed E-state index contributed by atoms with van der Waals surface area (Å²) < 4.78 is 25.1. The van der Waals surface area contributed by atoms with Crippen LogP contribution in [0.3, 0.4) is 0 Å². The molecule has 0 amide bonds. The van der Waals surface area contributed by atoms with Crippen molar-refractivity contribution in [2.24, 2.45) is 0 Å². The van der Waals surface area contributed by atoms with Crippen molar-refractivity contribution in [1.82, 2.24) is 5.32 Å². The average Bonchev–Trinajstić information content (AvgIpc) is 2.11. The first-order valence-electron chi connectivity index (χ1n) is 3.57. The number of anilines is 1. The van der Waals surface area contributed by atoms with Crippen LogP contribution in [-0.4, -0.2) is 12.2 Å². The maximum absolute atomic E-state index is 12.7. The molecule has 1 aromatic rings. The van der Waals surface area contributed by atoms with Gasteiger partial charge in [0.25, 0.3) is 0 Å². The van der Waals surface area contributed by atoms with Crippen molar-refractivity contribution in [1.29, 1.82) is 0 Å². The molecular weight excluding hydrogens is 194 g/mol. The minimum atomic E-state index is -0.899. The Labute approximate surface area is 80.0 Å². The summed E-state index contributed by atoms with van der Waals surface area (Å²) in [6, 6.07) is 3.48. The van der Waals surface area contributed by atoms with Gasteiger partial charge in [-0.1, -0.05) is 0 Å². The van der Waals surface area contributed by atoms with Crippen molar-refractivity contribution in [3.63, 3.8) is 0 Å². The second-order valence-corrected chi connectivity index (χ2v) is 2.74. The van der Waals surface area contributed by atoms with Crippen LogP contribution in [0, 0.1) is 11.6 Å². The van der Waals surface area contributed by atoms with Crippen molar-refractivity contribution >= 4 is 23.0 Å². The molecule has 2 nitrogen and oxygen atoms in total. The Balaban J connectivity index is 2.79. The molecule has 0 saturated heterocycles. The van der Waals surface area contributed by atoms with Crippen LogP contribution in [0.5, 0.6) is 0 Å². The largest absolute Gasteiger partial charge is 0.366 e. The first kappa shape index (κ1) is 9.85. The van der Waals surface area contributed by atoms with Gasteiger partial charge in [-0.25, -0.2) is 8.78 Å². The molecule has 0 aliphatic heterocycles. The molecule has 0 fully saturated rings. The van der Waals surface area contributed by atoms with Crippen LogP contribution in [0.2, 0.25) is 0 Å². The normalized spacial score (nSPS) is 9.46. The quantitative estimate of drug-likeness (QED) is 0.680. The molecule has 70 valence electrons. The number of thiocarbonyl (C=S) groups is 1. The fourth-order valence-electron chi connectivity index (χ4n) is 0.767. The summed E-state index contributed by atoms with van der Waals surface area (Å²) in [5.41, 5.74) is 0.415. The Morgan fingerprint density at radius 3 is 2.54 bits per heavy atom. The molecule has 0 aromatic heterocycles. The maximum atomic E-state index is 12.7. The highest BCUT2D eigenvalue weighted by Gasteiger charge is 2.02. The molecule has 5 heteroatoms. The molecule has 1 rings (SSSR count). The third-order valence-corrected chi connectivity index (χ3v) is 1.71. The molecule has 0 radical (unpaired) electrons. The van der Waals surface area contributed by atoms with Gasteiger partial charge in [-0.05, 0) is 24.4 Å². The van der Waals surface area contributed by atoms with E-state index in [2.05, 4.69) is 10.6 Å². The smallest absolute Gasteiger partial charge is 0.170 e. The summed E-state index contributed by atoms with van der Waals surface area (Å²) in [6.45, 7) is 0. The first-order chi connectivity index (χ1) is 6.13. The van der Waals surface area contributed by atoms with Crippen molar-refractivity contribution < 1.29 is 8.78 Å². The van der Waals surface area contributed by atoms with E-state index in [9.17, 15) is 8.78 Å². The Morgan fingerprint density at radius 1 is 1.31 bits per heavy atom. The van der Waals surface area contributed by atoms with Gasteiger partial charge in [-0.3, -0.25) is 0 Å². The summed E-state index contributed by atoms with van der Waals surface area (Å²) >= 11 is 4.77. The molecule has 0 heterocycles. The Morgan fingerprint density at radius 2 is 2.00 bits per heavy atom. The monoisotopic (exact) mass is 202 g/mol. The summed E-state index contributed by atoms with van der Waals surface area (Å²) in [7, 11) is 1.63. The van der Waals surface area contributed by atoms with Crippen molar-refractivity contribution in [2.45, 2.75) is 0 Å². The van der Waals surface area contributed by atoms with Crippen LogP contribution < -0.4 is 10.6 Å². The van der Waals surface area contributed by atoms with Gasteiger partial charge in [0.05, 0.1) is 0 Å². The summed E-state index contributed by atoms with van der Waals surface area (Å²) in [5.74, 6) is -1.77. The summed E-state index contributed by atoms with van der Waals surface area (Å²) in [5, 5.41) is 5.68. The fraction of sp³-hybridized carbons (Fsp3) is 0.125. The van der Waals surface area contributed by atoms with Gasteiger partial charge in [0, 0.05) is 18.8 Å². The van der Waals surface area contributed by atoms with E-state index in [1.54, 1.807) is 7.05 Å². The Bertz CT molecular complexity index is 328. The second-order valence-electron chi connectivity index (χ2n) is 2.33. The highest BCUT2D eigenvalue weighted by atomic mass is 32.1. The molecular formula is C8H8F2N2S. The third-order valence-electron chi connectivity index (χ3n) is 1.40. The maximum Gasteiger partial charge on any atom is 0.170 e. The van der Waals surface area contributed by atoms with E-state index in [0.29, 0.717) is 10.8 Å². The van der Waals surface area contributed by atoms with E-state index in [1.807, 2.05) is 0 Å². The lowest BCUT2D eigenvalue weighted by molar-refractivity contribution is 0.509. The lowest BCUT2D eigenvalue weighted by atomic mass is 10.3. The van der Waals surface area contributed by atoms with E-state index < -0.39 is 11.6 Å². The van der Waals surface area contributed by atoms with Gasteiger partial charge in [0.2, 0.25) is 0 Å². The van der Waals surface area contributed by atoms with E-state index in [-0.39, 0.29) is 0 Å². The molecule has 0 bridgehead atoms. The first-order valence-corrected chi connectivity index (χ1v) is 3.98. The van der Waals surface area contributed by atoms with Crippen LogP contribution in [0.25, 0.3) is 0 Å².